The third kappa shape index (κ3) is 5.34. The van der Waals surface area contributed by atoms with E-state index in [0.717, 1.165) is 12.8 Å². The maximum Gasteiger partial charge on any atom is 0.411 e. The SMILES string of the molecule is CCCc1cccc[n+]1CCOC(=O)Nc1ccc(N=C=O)cc1. The second-order valence-electron chi connectivity index (χ2n) is 5.15. The fraction of sp³-hybridized carbons (Fsp3) is 0.278. The predicted octanol–water partition coefficient (Wildman–Crippen LogP) is 3.14. The van der Waals surface area contributed by atoms with E-state index in [1.165, 1.54) is 11.8 Å². The van der Waals surface area contributed by atoms with Crippen molar-refractivity contribution in [2.75, 3.05) is 11.9 Å². The number of aryl methyl sites for hydroxylation is 1. The standard InChI is InChI=1S/C18H19N3O3/c1-2-5-17-6-3-4-11-21(17)12-13-24-18(23)20-16-9-7-15(8-10-16)19-14-22/h3-4,6-11H,2,5,12-13H2,1H3/p+1. The third-order valence-corrected chi connectivity index (χ3v) is 3.39. The van der Waals surface area contributed by atoms with Gasteiger partial charge in [-0.15, -0.1) is 0 Å². The molecule has 0 atom stereocenters. The van der Waals surface area contributed by atoms with E-state index >= 15 is 0 Å². The first-order valence-electron chi connectivity index (χ1n) is 7.82. The van der Waals surface area contributed by atoms with Gasteiger partial charge in [0.15, 0.2) is 25.0 Å². The molecule has 0 spiro atoms. The second-order valence-corrected chi connectivity index (χ2v) is 5.15. The van der Waals surface area contributed by atoms with E-state index in [1.807, 2.05) is 18.3 Å². The molecule has 0 saturated carbocycles. The van der Waals surface area contributed by atoms with E-state index in [-0.39, 0.29) is 6.61 Å². The van der Waals surface area contributed by atoms with Gasteiger partial charge >= 0.3 is 6.09 Å². The molecule has 0 radical (unpaired) electrons. The van der Waals surface area contributed by atoms with E-state index in [1.54, 1.807) is 24.3 Å². The third-order valence-electron chi connectivity index (χ3n) is 3.39. The van der Waals surface area contributed by atoms with Crippen LogP contribution in [0.3, 0.4) is 0 Å². The van der Waals surface area contributed by atoms with Crippen molar-refractivity contribution in [3.05, 3.63) is 54.4 Å². The number of nitrogens with zero attached hydrogens (tertiary/aromatic N) is 2. The van der Waals surface area contributed by atoms with Crippen LogP contribution in [0.25, 0.3) is 0 Å². The first kappa shape index (κ1) is 17.4. The molecule has 24 heavy (non-hydrogen) atoms. The molecule has 2 aromatic rings. The molecule has 124 valence electrons. The van der Waals surface area contributed by atoms with Crippen LogP contribution < -0.4 is 9.88 Å². The van der Waals surface area contributed by atoms with Crippen LogP contribution >= 0.6 is 0 Å². The maximum atomic E-state index is 11.8. The van der Waals surface area contributed by atoms with E-state index in [2.05, 4.69) is 27.9 Å². The Morgan fingerprint density at radius 2 is 2.04 bits per heavy atom. The van der Waals surface area contributed by atoms with Gasteiger partial charge in [0.1, 0.15) is 0 Å². The molecule has 0 aliphatic carbocycles. The summed E-state index contributed by atoms with van der Waals surface area (Å²) in [5.41, 5.74) is 2.27. The van der Waals surface area contributed by atoms with Gasteiger partial charge in [-0.2, -0.15) is 9.56 Å². The molecule has 1 aromatic heterocycles. The number of nitrogens with one attached hydrogen (secondary N) is 1. The fourth-order valence-electron chi connectivity index (χ4n) is 2.28. The fourth-order valence-corrected chi connectivity index (χ4v) is 2.28. The number of aliphatic imine (C=N–C) groups is 1. The number of anilines is 1. The van der Waals surface area contributed by atoms with E-state index < -0.39 is 6.09 Å². The molecular formula is C18H20N3O3+. The number of isocyanates is 1. The van der Waals surface area contributed by atoms with Gasteiger partial charge in [0.2, 0.25) is 6.08 Å². The highest BCUT2D eigenvalue weighted by Crippen LogP contribution is 2.15. The number of hydrogen-bond acceptors (Lipinski definition) is 4. The number of carbonyl (C=O) groups excluding carboxylic acids is 2. The molecule has 0 aliphatic rings. The quantitative estimate of drug-likeness (QED) is 0.483. The lowest BCUT2D eigenvalue weighted by molar-refractivity contribution is -0.705. The van der Waals surface area contributed by atoms with Gasteiger partial charge < -0.3 is 4.74 Å². The topological polar surface area (TPSA) is 71.6 Å². The van der Waals surface area contributed by atoms with Crippen molar-refractivity contribution < 1.29 is 18.9 Å². The summed E-state index contributed by atoms with van der Waals surface area (Å²) in [6.45, 7) is 3.02. The number of rotatable bonds is 7. The Balaban J connectivity index is 1.82. The Labute approximate surface area is 140 Å². The van der Waals surface area contributed by atoms with Crippen LogP contribution in [0.2, 0.25) is 0 Å². The van der Waals surface area contributed by atoms with Gasteiger partial charge in [-0.05, 0) is 30.7 Å². The molecule has 2 rings (SSSR count). The smallest absolute Gasteiger partial charge is 0.411 e. The number of ether oxygens (including phenoxy) is 1. The Hall–Kier alpha value is -2.98. The molecule has 1 heterocycles. The summed E-state index contributed by atoms with van der Waals surface area (Å²) in [6, 6.07) is 12.5. The summed E-state index contributed by atoms with van der Waals surface area (Å²) >= 11 is 0. The van der Waals surface area contributed by atoms with Gasteiger partial charge in [0, 0.05) is 24.2 Å². The first-order valence-corrected chi connectivity index (χ1v) is 7.82. The van der Waals surface area contributed by atoms with Gasteiger partial charge in [-0.1, -0.05) is 13.0 Å². The molecule has 0 fully saturated rings. The average molecular weight is 326 g/mol. The number of aromatic nitrogens is 1. The summed E-state index contributed by atoms with van der Waals surface area (Å²) in [4.78, 5) is 25.4. The number of pyridine rings is 1. The molecular weight excluding hydrogens is 306 g/mol. The van der Waals surface area contributed by atoms with Crippen molar-refractivity contribution in [3.8, 4) is 0 Å². The second kappa shape index (κ2) is 9.22. The first-order chi connectivity index (χ1) is 11.7. The van der Waals surface area contributed by atoms with Gasteiger partial charge in [-0.25, -0.2) is 9.59 Å². The normalized spacial score (nSPS) is 9.88. The minimum atomic E-state index is -0.518. The van der Waals surface area contributed by atoms with Gasteiger partial charge in [0.05, 0.1) is 5.69 Å². The molecule has 0 saturated heterocycles. The van der Waals surface area contributed by atoms with Crippen molar-refractivity contribution in [1.29, 1.82) is 0 Å². The zero-order valence-corrected chi connectivity index (χ0v) is 13.6. The minimum Gasteiger partial charge on any atom is -0.443 e. The summed E-state index contributed by atoms with van der Waals surface area (Å²) in [5.74, 6) is 0. The highest BCUT2D eigenvalue weighted by Gasteiger charge is 2.10. The molecule has 1 amide bonds. The van der Waals surface area contributed by atoms with E-state index in [9.17, 15) is 9.59 Å². The highest BCUT2D eigenvalue weighted by atomic mass is 16.5. The van der Waals surface area contributed by atoms with Crippen LogP contribution in [0.1, 0.15) is 19.0 Å². The van der Waals surface area contributed by atoms with Crippen LogP contribution in [-0.2, 0) is 22.5 Å². The zero-order valence-electron chi connectivity index (χ0n) is 13.6. The Morgan fingerprint density at radius 3 is 2.75 bits per heavy atom. The van der Waals surface area contributed by atoms with Crippen molar-refractivity contribution in [2.45, 2.75) is 26.3 Å². The van der Waals surface area contributed by atoms with Crippen molar-refractivity contribution in [1.82, 2.24) is 0 Å². The monoisotopic (exact) mass is 326 g/mol. The summed E-state index contributed by atoms with van der Waals surface area (Å²) in [7, 11) is 0. The molecule has 1 N–H and O–H groups in total. The lowest BCUT2D eigenvalue weighted by Gasteiger charge is -2.07. The van der Waals surface area contributed by atoms with E-state index in [4.69, 9.17) is 4.74 Å². The van der Waals surface area contributed by atoms with Crippen molar-refractivity contribution >= 4 is 23.5 Å². The Kier molecular flexibility index (Phi) is 6.68. The highest BCUT2D eigenvalue weighted by molar-refractivity contribution is 5.84. The van der Waals surface area contributed by atoms with Crippen LogP contribution in [0.4, 0.5) is 16.2 Å². The number of carbonyl (C=O) groups is 1. The molecule has 0 aliphatic heterocycles. The number of amides is 1. The van der Waals surface area contributed by atoms with Crippen LogP contribution in [-0.4, -0.2) is 18.8 Å². The molecule has 0 unspecified atom stereocenters. The summed E-state index contributed by atoms with van der Waals surface area (Å²) in [6.07, 6.45) is 4.98. The lowest BCUT2D eigenvalue weighted by atomic mass is 10.2. The average Bonchev–Trinajstić information content (AvgIpc) is 2.59. The summed E-state index contributed by atoms with van der Waals surface area (Å²) < 4.78 is 7.29. The zero-order chi connectivity index (χ0) is 17.2. The maximum absolute atomic E-state index is 11.8. The van der Waals surface area contributed by atoms with Crippen molar-refractivity contribution in [3.63, 3.8) is 0 Å². The Morgan fingerprint density at radius 1 is 1.25 bits per heavy atom. The van der Waals surface area contributed by atoms with Gasteiger partial charge in [0.25, 0.3) is 0 Å². The number of hydrogen-bond donors (Lipinski definition) is 1. The van der Waals surface area contributed by atoms with Crippen LogP contribution in [0.15, 0.2) is 53.7 Å². The predicted molar refractivity (Wildman–Crippen MR) is 89.8 cm³/mol. The molecule has 1 aromatic carbocycles. The minimum absolute atomic E-state index is 0.282. The summed E-state index contributed by atoms with van der Waals surface area (Å²) in [5, 5.41) is 2.63. The van der Waals surface area contributed by atoms with Gasteiger partial charge in [-0.3, -0.25) is 5.32 Å². The van der Waals surface area contributed by atoms with Crippen LogP contribution in [0, 0.1) is 0 Å². The van der Waals surface area contributed by atoms with Crippen molar-refractivity contribution in [2.24, 2.45) is 4.99 Å². The van der Waals surface area contributed by atoms with E-state index in [0.29, 0.717) is 17.9 Å². The number of benzene rings is 1. The molecule has 6 nitrogen and oxygen atoms in total. The Bertz CT molecular complexity index is 723. The molecule has 0 bridgehead atoms. The molecule has 6 heteroatoms. The lowest BCUT2D eigenvalue weighted by Crippen LogP contribution is -2.40. The largest absolute Gasteiger partial charge is 0.443 e. The van der Waals surface area contributed by atoms with Crippen LogP contribution in [0.5, 0.6) is 0 Å².